The van der Waals surface area contributed by atoms with Crippen molar-refractivity contribution in [1.29, 1.82) is 0 Å². The number of hydrogen-bond acceptors (Lipinski definition) is 3. The molecule has 2 rings (SSSR count). The van der Waals surface area contributed by atoms with Crippen LogP contribution < -0.4 is 10.6 Å². The van der Waals surface area contributed by atoms with E-state index in [9.17, 15) is 5.11 Å². The summed E-state index contributed by atoms with van der Waals surface area (Å²) in [7, 11) is 0. The minimum absolute atomic E-state index is 0. The normalized spacial score (nSPS) is 17.5. The second kappa shape index (κ2) is 12.8. The van der Waals surface area contributed by atoms with E-state index in [2.05, 4.69) is 34.4 Å². The molecule has 1 aromatic carbocycles. The fourth-order valence-electron chi connectivity index (χ4n) is 3.31. The van der Waals surface area contributed by atoms with E-state index in [0.717, 1.165) is 44.0 Å². The van der Waals surface area contributed by atoms with Crippen LogP contribution in [0.25, 0.3) is 0 Å². The molecule has 0 bridgehead atoms. The molecule has 0 spiro atoms. The quantitative estimate of drug-likeness (QED) is 0.299. The summed E-state index contributed by atoms with van der Waals surface area (Å²) in [6.07, 6.45) is 1.53. The van der Waals surface area contributed by atoms with Crippen molar-refractivity contribution in [2.45, 2.75) is 45.8 Å². The largest absolute Gasteiger partial charge is 0.386 e. The van der Waals surface area contributed by atoms with Gasteiger partial charge in [-0.3, -0.25) is 4.99 Å². The first-order valence-electron chi connectivity index (χ1n) is 9.69. The lowest BCUT2D eigenvalue weighted by Crippen LogP contribution is -2.49. The molecule has 0 radical (unpaired) electrons. The third-order valence-electron chi connectivity index (χ3n) is 4.58. The molecule has 1 heterocycles. The zero-order chi connectivity index (χ0) is 18.9. The lowest BCUT2D eigenvalue weighted by atomic mass is 10.0. The number of likely N-dealkylation sites (tertiary alicyclic amines) is 1. The molecule has 5 nitrogen and oxygen atoms in total. The van der Waals surface area contributed by atoms with Crippen LogP contribution in [-0.4, -0.2) is 54.7 Å². The monoisotopic (exact) mass is 508 g/mol. The van der Waals surface area contributed by atoms with Crippen LogP contribution in [0.5, 0.6) is 0 Å². The van der Waals surface area contributed by atoms with E-state index in [4.69, 9.17) is 11.6 Å². The summed E-state index contributed by atoms with van der Waals surface area (Å²) in [5.41, 5.74) is 0.718. The zero-order valence-electron chi connectivity index (χ0n) is 16.6. The first-order valence-corrected chi connectivity index (χ1v) is 10.1. The molecule has 1 atom stereocenters. The van der Waals surface area contributed by atoms with Crippen molar-refractivity contribution in [3.05, 3.63) is 34.9 Å². The highest BCUT2D eigenvalue weighted by Gasteiger charge is 2.20. The standard InChI is InChI=1S/C20H33ClN4O.HI/c1-4-22-20(23-13-19(26)17-7-5-6-8-18(17)21)24-16-9-11-25(12-10-16)14-15(2)3;/h5-8,15-16,19,26H,4,9-14H2,1-3H3,(H2,22,23,24);1H. The predicted molar refractivity (Wildman–Crippen MR) is 125 cm³/mol. The van der Waals surface area contributed by atoms with E-state index >= 15 is 0 Å². The van der Waals surface area contributed by atoms with Gasteiger partial charge in [-0.05, 0) is 31.7 Å². The summed E-state index contributed by atoms with van der Waals surface area (Å²) >= 11 is 6.16. The van der Waals surface area contributed by atoms with Crippen molar-refractivity contribution in [3.63, 3.8) is 0 Å². The molecule has 0 amide bonds. The van der Waals surface area contributed by atoms with E-state index in [-0.39, 0.29) is 30.5 Å². The molecule has 1 aliphatic heterocycles. The van der Waals surface area contributed by atoms with Gasteiger partial charge in [-0.2, -0.15) is 0 Å². The molecule has 27 heavy (non-hydrogen) atoms. The van der Waals surface area contributed by atoms with Gasteiger partial charge in [0, 0.05) is 42.8 Å². The van der Waals surface area contributed by atoms with Gasteiger partial charge in [0.05, 0.1) is 6.54 Å². The van der Waals surface area contributed by atoms with Gasteiger partial charge in [-0.25, -0.2) is 0 Å². The number of aliphatic hydroxyl groups is 1. The number of aliphatic imine (C=N–C) groups is 1. The highest BCUT2D eigenvalue weighted by atomic mass is 127. The molecule has 7 heteroatoms. The Hall–Kier alpha value is -0.570. The Balaban J connectivity index is 0.00000364. The molecule has 1 aliphatic rings. The summed E-state index contributed by atoms with van der Waals surface area (Å²) in [5, 5.41) is 17.8. The molecule has 154 valence electrons. The van der Waals surface area contributed by atoms with Crippen LogP contribution in [0, 0.1) is 5.92 Å². The molecule has 3 N–H and O–H groups in total. The first kappa shape index (κ1) is 24.5. The molecule has 1 aromatic rings. The number of rotatable bonds is 7. The summed E-state index contributed by atoms with van der Waals surface area (Å²) in [6.45, 7) is 11.1. The molecule has 1 saturated heterocycles. The van der Waals surface area contributed by atoms with E-state index < -0.39 is 6.10 Å². The first-order chi connectivity index (χ1) is 12.5. The number of piperidine rings is 1. The van der Waals surface area contributed by atoms with Gasteiger partial charge >= 0.3 is 0 Å². The Morgan fingerprint density at radius 3 is 2.56 bits per heavy atom. The van der Waals surface area contributed by atoms with Gasteiger partial charge < -0.3 is 20.6 Å². The number of guanidine groups is 1. The molecule has 1 fully saturated rings. The fourth-order valence-corrected chi connectivity index (χ4v) is 3.57. The fraction of sp³-hybridized carbons (Fsp3) is 0.650. The minimum Gasteiger partial charge on any atom is -0.386 e. The summed E-state index contributed by atoms with van der Waals surface area (Å²) in [6, 6.07) is 7.79. The second-order valence-corrected chi connectivity index (χ2v) is 7.78. The van der Waals surface area contributed by atoms with Gasteiger partial charge in [0.25, 0.3) is 0 Å². The average Bonchev–Trinajstić information content (AvgIpc) is 2.61. The highest BCUT2D eigenvalue weighted by molar-refractivity contribution is 14.0. The number of halogens is 2. The van der Waals surface area contributed by atoms with Crippen LogP contribution in [-0.2, 0) is 0 Å². The zero-order valence-corrected chi connectivity index (χ0v) is 19.7. The molecule has 1 unspecified atom stereocenters. The lowest BCUT2D eigenvalue weighted by molar-refractivity contribution is 0.184. The third-order valence-corrected chi connectivity index (χ3v) is 4.93. The van der Waals surface area contributed by atoms with Crippen molar-refractivity contribution in [1.82, 2.24) is 15.5 Å². The maximum Gasteiger partial charge on any atom is 0.191 e. The summed E-state index contributed by atoms with van der Waals surface area (Å²) < 4.78 is 0. The summed E-state index contributed by atoms with van der Waals surface area (Å²) in [4.78, 5) is 7.10. The van der Waals surface area contributed by atoms with Gasteiger partial charge in [-0.15, -0.1) is 24.0 Å². The number of nitrogens with zero attached hydrogens (tertiary/aromatic N) is 2. The van der Waals surface area contributed by atoms with Crippen molar-refractivity contribution in [2.75, 3.05) is 32.7 Å². The smallest absolute Gasteiger partial charge is 0.191 e. The SMILES string of the molecule is CCNC(=NCC(O)c1ccccc1Cl)NC1CCN(CC(C)C)CC1.I. The van der Waals surface area contributed by atoms with Gasteiger partial charge in [-0.1, -0.05) is 43.6 Å². The van der Waals surface area contributed by atoms with Crippen LogP contribution in [0.2, 0.25) is 5.02 Å². The van der Waals surface area contributed by atoms with E-state index in [1.54, 1.807) is 6.07 Å². The molecule has 0 saturated carbocycles. The maximum absolute atomic E-state index is 10.4. The Bertz CT molecular complexity index is 577. The van der Waals surface area contributed by atoms with Crippen molar-refractivity contribution >= 4 is 41.5 Å². The van der Waals surface area contributed by atoms with Crippen LogP contribution >= 0.6 is 35.6 Å². The van der Waals surface area contributed by atoms with Crippen molar-refractivity contribution < 1.29 is 5.11 Å². The molecule has 0 aliphatic carbocycles. The average molecular weight is 509 g/mol. The van der Waals surface area contributed by atoms with E-state index in [1.807, 2.05) is 25.1 Å². The minimum atomic E-state index is -0.702. The Morgan fingerprint density at radius 2 is 1.96 bits per heavy atom. The van der Waals surface area contributed by atoms with Crippen LogP contribution in [0.15, 0.2) is 29.3 Å². The Labute approximate surface area is 186 Å². The predicted octanol–water partition coefficient (Wildman–Crippen LogP) is 3.67. The van der Waals surface area contributed by atoms with E-state index in [0.29, 0.717) is 17.0 Å². The topological polar surface area (TPSA) is 59.9 Å². The Kier molecular flexibility index (Phi) is 11.6. The molecule has 0 aromatic heterocycles. The number of hydrogen-bond donors (Lipinski definition) is 3. The van der Waals surface area contributed by atoms with Crippen LogP contribution in [0.1, 0.15) is 45.3 Å². The van der Waals surface area contributed by atoms with Gasteiger partial charge in [0.15, 0.2) is 5.96 Å². The number of nitrogens with one attached hydrogen (secondary N) is 2. The van der Waals surface area contributed by atoms with Gasteiger partial charge in [0.1, 0.15) is 6.10 Å². The summed E-state index contributed by atoms with van der Waals surface area (Å²) in [5.74, 6) is 1.48. The van der Waals surface area contributed by atoms with Crippen LogP contribution in [0.4, 0.5) is 0 Å². The Morgan fingerprint density at radius 1 is 1.30 bits per heavy atom. The molecular weight excluding hydrogens is 475 g/mol. The second-order valence-electron chi connectivity index (χ2n) is 7.37. The van der Waals surface area contributed by atoms with Crippen molar-refractivity contribution in [3.8, 4) is 0 Å². The van der Waals surface area contributed by atoms with Gasteiger partial charge in [0.2, 0.25) is 0 Å². The number of benzene rings is 1. The number of aliphatic hydroxyl groups excluding tert-OH is 1. The van der Waals surface area contributed by atoms with Crippen molar-refractivity contribution in [2.24, 2.45) is 10.9 Å². The van der Waals surface area contributed by atoms with Crippen LogP contribution in [0.3, 0.4) is 0 Å². The molecular formula is C20H34ClIN4O. The lowest BCUT2D eigenvalue weighted by Gasteiger charge is -2.34. The van der Waals surface area contributed by atoms with E-state index in [1.165, 1.54) is 6.54 Å². The third kappa shape index (κ3) is 8.54. The maximum atomic E-state index is 10.4. The highest BCUT2D eigenvalue weighted by Crippen LogP contribution is 2.22.